The maximum Gasteiger partial charge on any atom is 0.296 e. The number of nitrogens with zero attached hydrogens (tertiary/aromatic N) is 6. The minimum absolute atomic E-state index is 0.00773. The zero-order valence-corrected chi connectivity index (χ0v) is 18.5. The highest BCUT2D eigenvalue weighted by molar-refractivity contribution is 5.83. The molecular weight excluding hydrogens is 434 g/mol. The van der Waals surface area contributed by atoms with E-state index in [1.54, 1.807) is 12.1 Å². The number of imidazole rings is 1. The zero-order chi connectivity index (χ0) is 23.1. The lowest BCUT2D eigenvalue weighted by Gasteiger charge is -2.39. The predicted octanol–water partition coefficient (Wildman–Crippen LogP) is 2.91. The number of phenolic OH excluding ortho intramolecular Hbond substituents is 1. The first-order chi connectivity index (χ1) is 15.9. The first-order valence-corrected chi connectivity index (χ1v) is 11.0. The number of fused-ring (bicyclic) bond motifs is 1. The topological polar surface area (TPSA) is 88.8 Å². The normalized spacial score (nSPS) is 21.8. The number of aromatic nitrogens is 4. The highest BCUT2D eigenvalue weighted by Crippen LogP contribution is 2.33. The van der Waals surface area contributed by atoms with Crippen molar-refractivity contribution < 1.29 is 23.4 Å². The summed E-state index contributed by atoms with van der Waals surface area (Å²) >= 11 is 0. The van der Waals surface area contributed by atoms with Crippen molar-refractivity contribution in [2.75, 3.05) is 49.3 Å². The average Bonchev–Trinajstić information content (AvgIpc) is 3.23. The molecule has 0 spiro atoms. The summed E-state index contributed by atoms with van der Waals surface area (Å²) in [6.45, 7) is 7.61. The van der Waals surface area contributed by atoms with Gasteiger partial charge in [0.1, 0.15) is 22.9 Å². The summed E-state index contributed by atoms with van der Waals surface area (Å²) in [6.07, 6.45) is -2.88. The first kappa shape index (κ1) is 21.8. The van der Waals surface area contributed by atoms with E-state index in [-0.39, 0.29) is 29.4 Å². The van der Waals surface area contributed by atoms with Crippen LogP contribution in [0.2, 0.25) is 0 Å². The van der Waals surface area contributed by atoms with Crippen molar-refractivity contribution in [2.24, 2.45) is 0 Å². The number of hydrogen-bond acceptors (Lipinski definition) is 8. The van der Waals surface area contributed by atoms with E-state index < -0.39 is 12.2 Å². The summed E-state index contributed by atoms with van der Waals surface area (Å²) in [5.74, 6) is 0.662. The van der Waals surface area contributed by atoms with Crippen LogP contribution in [0.25, 0.3) is 17.0 Å². The number of benzene rings is 1. The molecule has 1 N–H and O–H groups in total. The van der Waals surface area contributed by atoms with Crippen molar-refractivity contribution in [3.8, 4) is 11.7 Å². The van der Waals surface area contributed by atoms with Gasteiger partial charge in [-0.1, -0.05) is 6.07 Å². The van der Waals surface area contributed by atoms with Gasteiger partial charge in [-0.3, -0.25) is 4.57 Å². The third-order valence-electron chi connectivity index (χ3n) is 6.29. The Balaban J connectivity index is 1.70. The van der Waals surface area contributed by atoms with Gasteiger partial charge in [0.2, 0.25) is 5.95 Å². The molecule has 2 atom stereocenters. The van der Waals surface area contributed by atoms with Crippen LogP contribution in [-0.2, 0) is 9.47 Å². The molecule has 2 fully saturated rings. The van der Waals surface area contributed by atoms with Gasteiger partial charge in [0.25, 0.3) is 6.43 Å². The van der Waals surface area contributed by atoms with E-state index in [9.17, 15) is 13.9 Å². The second kappa shape index (κ2) is 8.71. The van der Waals surface area contributed by atoms with E-state index in [4.69, 9.17) is 14.5 Å². The van der Waals surface area contributed by atoms with Gasteiger partial charge in [0.15, 0.2) is 5.82 Å². The summed E-state index contributed by atoms with van der Waals surface area (Å²) in [6, 6.07) is 6.56. The smallest absolute Gasteiger partial charge is 0.296 e. The van der Waals surface area contributed by atoms with Crippen LogP contribution in [0.3, 0.4) is 0 Å². The van der Waals surface area contributed by atoms with E-state index in [0.717, 1.165) is 0 Å². The summed E-state index contributed by atoms with van der Waals surface area (Å²) < 4.78 is 40.5. The average molecular weight is 460 g/mol. The third-order valence-corrected chi connectivity index (χ3v) is 6.29. The quantitative estimate of drug-likeness (QED) is 0.636. The number of para-hydroxylation sites is 1. The van der Waals surface area contributed by atoms with Gasteiger partial charge in [0.05, 0.1) is 37.5 Å². The minimum atomic E-state index is -2.88. The molecule has 0 amide bonds. The lowest BCUT2D eigenvalue weighted by atomic mass is 10.1. The van der Waals surface area contributed by atoms with Gasteiger partial charge in [-0.25, -0.2) is 13.8 Å². The molecule has 2 aliphatic heterocycles. The molecular formula is C22H26F2N6O3. The van der Waals surface area contributed by atoms with Crippen LogP contribution < -0.4 is 9.80 Å². The molecule has 0 radical (unpaired) electrons. The molecule has 176 valence electrons. The molecule has 2 aromatic heterocycles. The van der Waals surface area contributed by atoms with E-state index in [2.05, 4.69) is 26.7 Å². The number of anilines is 2. The van der Waals surface area contributed by atoms with E-state index in [1.165, 1.54) is 10.6 Å². The van der Waals surface area contributed by atoms with Crippen LogP contribution in [0, 0.1) is 0 Å². The molecule has 2 aliphatic rings. The molecule has 3 aromatic rings. The minimum Gasteiger partial charge on any atom is -0.506 e. The first-order valence-electron chi connectivity index (χ1n) is 11.0. The van der Waals surface area contributed by atoms with Crippen molar-refractivity contribution in [3.05, 3.63) is 30.1 Å². The number of rotatable bonds is 4. The van der Waals surface area contributed by atoms with Crippen LogP contribution in [0.4, 0.5) is 20.4 Å². The van der Waals surface area contributed by atoms with Gasteiger partial charge >= 0.3 is 0 Å². The fourth-order valence-electron chi connectivity index (χ4n) is 4.33. The second-order valence-corrected chi connectivity index (χ2v) is 8.24. The van der Waals surface area contributed by atoms with Gasteiger partial charge in [-0.05, 0) is 26.0 Å². The third kappa shape index (κ3) is 3.95. The summed E-state index contributed by atoms with van der Waals surface area (Å²) in [7, 11) is 0. The maximum atomic E-state index is 14.0. The molecule has 0 saturated carbocycles. The maximum absolute atomic E-state index is 14.0. The highest BCUT2D eigenvalue weighted by atomic mass is 19.3. The second-order valence-electron chi connectivity index (χ2n) is 8.24. The molecule has 11 heteroatoms. The summed E-state index contributed by atoms with van der Waals surface area (Å²) in [4.78, 5) is 17.6. The Morgan fingerprint density at radius 3 is 2.55 bits per heavy atom. The zero-order valence-electron chi connectivity index (χ0n) is 18.5. The molecule has 4 heterocycles. The van der Waals surface area contributed by atoms with Crippen molar-refractivity contribution in [3.63, 3.8) is 0 Å². The predicted molar refractivity (Wildman–Crippen MR) is 119 cm³/mol. The van der Waals surface area contributed by atoms with E-state index in [1.807, 2.05) is 13.0 Å². The van der Waals surface area contributed by atoms with Crippen LogP contribution in [0.1, 0.15) is 26.1 Å². The van der Waals surface area contributed by atoms with E-state index in [0.29, 0.717) is 56.6 Å². The number of morpholine rings is 2. The molecule has 9 nitrogen and oxygen atoms in total. The monoisotopic (exact) mass is 460 g/mol. The standard InChI is InChI=1S/C22H26F2N6O3/c1-13-14(2)33-11-8-29(13)18-12-17(28-6-9-32-10-7-28)25-22(26-18)30-15-4-3-5-16(31)19(15)27-21(30)20(23)24/h3-5,12-14,20,31H,6-11H2,1-2H3/t13-,14+/m0/s1. The molecule has 33 heavy (non-hydrogen) atoms. The number of ether oxygens (including phenoxy) is 2. The van der Waals surface area contributed by atoms with Crippen LogP contribution in [0.15, 0.2) is 24.3 Å². The lowest BCUT2D eigenvalue weighted by Crippen LogP contribution is -2.49. The summed E-state index contributed by atoms with van der Waals surface area (Å²) in [5, 5.41) is 10.2. The van der Waals surface area contributed by atoms with Crippen molar-refractivity contribution in [1.82, 2.24) is 19.5 Å². The number of hydrogen-bond donors (Lipinski definition) is 1. The van der Waals surface area contributed by atoms with E-state index >= 15 is 0 Å². The van der Waals surface area contributed by atoms with Gasteiger partial charge < -0.3 is 24.4 Å². The summed E-state index contributed by atoms with van der Waals surface area (Å²) in [5.41, 5.74) is 0.404. The molecule has 0 unspecified atom stereocenters. The number of halogens is 2. The Kier molecular flexibility index (Phi) is 5.75. The molecule has 0 bridgehead atoms. The lowest BCUT2D eigenvalue weighted by molar-refractivity contribution is 0.0281. The Labute approximate surface area is 189 Å². The van der Waals surface area contributed by atoms with Gasteiger partial charge in [-0.2, -0.15) is 9.97 Å². The number of aromatic hydroxyl groups is 1. The van der Waals surface area contributed by atoms with Gasteiger partial charge in [-0.15, -0.1) is 0 Å². The Hall–Kier alpha value is -3.05. The van der Waals surface area contributed by atoms with Crippen molar-refractivity contribution >= 4 is 22.7 Å². The Morgan fingerprint density at radius 1 is 1.03 bits per heavy atom. The molecule has 1 aromatic carbocycles. The van der Waals surface area contributed by atoms with Crippen LogP contribution >= 0.6 is 0 Å². The van der Waals surface area contributed by atoms with Crippen LogP contribution in [0.5, 0.6) is 5.75 Å². The molecule has 5 rings (SSSR count). The molecule has 0 aliphatic carbocycles. The Morgan fingerprint density at radius 2 is 1.79 bits per heavy atom. The fraction of sp³-hybridized carbons (Fsp3) is 0.500. The molecule has 2 saturated heterocycles. The fourth-order valence-corrected chi connectivity index (χ4v) is 4.33. The SMILES string of the molecule is C[C@H]1OCCN(c2cc(N3CCOCC3)nc(-n3c(C(F)F)nc4c(O)cccc43)n2)[C@H]1C. The highest BCUT2D eigenvalue weighted by Gasteiger charge is 2.30. The number of phenols is 1. The largest absolute Gasteiger partial charge is 0.506 e. The van der Waals surface area contributed by atoms with Crippen LogP contribution in [-0.4, -0.2) is 76.2 Å². The van der Waals surface area contributed by atoms with Crippen molar-refractivity contribution in [1.29, 1.82) is 0 Å². The Bertz CT molecular complexity index is 1150. The van der Waals surface area contributed by atoms with Crippen molar-refractivity contribution in [2.45, 2.75) is 32.4 Å². The number of alkyl halides is 2. The van der Waals surface area contributed by atoms with Gasteiger partial charge in [0, 0.05) is 25.7 Å².